The molecule has 0 bridgehead atoms. The van der Waals surface area contributed by atoms with Gasteiger partial charge in [-0.15, -0.1) is 0 Å². The molecule has 2 aromatic rings. The van der Waals surface area contributed by atoms with Crippen molar-refractivity contribution in [2.75, 3.05) is 18.5 Å². The highest BCUT2D eigenvalue weighted by Crippen LogP contribution is 2.36. The fourth-order valence-corrected chi connectivity index (χ4v) is 3.36. The zero-order valence-corrected chi connectivity index (χ0v) is 17.9. The Morgan fingerprint density at radius 3 is 2.44 bits per heavy atom. The van der Waals surface area contributed by atoms with Crippen LogP contribution in [-0.2, 0) is 33.3 Å². The van der Waals surface area contributed by atoms with Crippen molar-refractivity contribution in [2.45, 2.75) is 52.2 Å². The number of aromatic nitrogens is 4. The maximum atomic E-state index is 11.8. The number of hydrogen-bond acceptors (Lipinski definition) is 12. The van der Waals surface area contributed by atoms with Crippen molar-refractivity contribution < 1.29 is 33.3 Å². The van der Waals surface area contributed by atoms with Crippen molar-refractivity contribution in [1.29, 1.82) is 5.26 Å². The number of carbonyl (C=O) groups excluding carboxylic acids is 3. The lowest BCUT2D eigenvalue weighted by Gasteiger charge is -2.23. The van der Waals surface area contributed by atoms with E-state index in [9.17, 15) is 19.6 Å². The number of nitriles is 1. The molecule has 0 unspecified atom stereocenters. The van der Waals surface area contributed by atoms with E-state index in [0.29, 0.717) is 17.9 Å². The van der Waals surface area contributed by atoms with Crippen LogP contribution in [0.25, 0.3) is 11.2 Å². The van der Waals surface area contributed by atoms with Crippen LogP contribution in [-0.4, -0.2) is 68.9 Å². The Balaban J connectivity index is 2.09. The summed E-state index contributed by atoms with van der Waals surface area (Å²) in [6.07, 6.45) is -2.74. The van der Waals surface area contributed by atoms with E-state index in [0.717, 1.165) is 0 Å². The third-order valence-corrected chi connectivity index (χ3v) is 4.48. The molecule has 4 atom stereocenters. The summed E-state index contributed by atoms with van der Waals surface area (Å²) >= 11 is 0. The maximum absolute atomic E-state index is 11.8. The van der Waals surface area contributed by atoms with E-state index in [2.05, 4.69) is 20.3 Å². The molecule has 1 aliphatic rings. The topological polar surface area (TPSA) is 168 Å². The minimum Gasteiger partial charge on any atom is -0.463 e. The Morgan fingerprint density at radius 2 is 1.84 bits per heavy atom. The van der Waals surface area contributed by atoms with E-state index in [-0.39, 0.29) is 18.1 Å². The minimum atomic E-state index is -1.10. The number of nitrogens with zero attached hydrogens (tertiary/aromatic N) is 5. The second-order valence-electron chi connectivity index (χ2n) is 6.88. The number of anilines is 1. The van der Waals surface area contributed by atoms with Gasteiger partial charge in [-0.3, -0.25) is 19.0 Å². The summed E-state index contributed by atoms with van der Waals surface area (Å²) in [5.41, 5.74) is 0.605. The number of esters is 3. The Kier molecular flexibility index (Phi) is 6.84. The average molecular weight is 446 g/mol. The highest BCUT2D eigenvalue weighted by atomic mass is 16.7. The van der Waals surface area contributed by atoms with Crippen LogP contribution in [0.3, 0.4) is 0 Å². The van der Waals surface area contributed by atoms with E-state index in [1.165, 1.54) is 31.7 Å². The van der Waals surface area contributed by atoms with Crippen LogP contribution in [0.15, 0.2) is 6.33 Å². The summed E-state index contributed by atoms with van der Waals surface area (Å²) in [6.45, 7) is 5.77. The van der Waals surface area contributed by atoms with Crippen LogP contribution in [0.5, 0.6) is 0 Å². The molecule has 1 fully saturated rings. The molecule has 0 saturated carbocycles. The van der Waals surface area contributed by atoms with Crippen LogP contribution >= 0.6 is 0 Å². The summed E-state index contributed by atoms with van der Waals surface area (Å²) in [6, 6.07) is 1.89. The first-order valence-electron chi connectivity index (χ1n) is 9.76. The predicted octanol–water partition coefficient (Wildman–Crippen LogP) is 0.454. The third kappa shape index (κ3) is 4.75. The number of rotatable bonds is 7. The van der Waals surface area contributed by atoms with Crippen molar-refractivity contribution in [3.05, 3.63) is 12.2 Å². The Hall–Kier alpha value is -3.79. The molecule has 3 heterocycles. The van der Waals surface area contributed by atoms with Gasteiger partial charge >= 0.3 is 17.9 Å². The van der Waals surface area contributed by atoms with Crippen LogP contribution in [0.4, 0.5) is 5.82 Å². The first kappa shape index (κ1) is 22.9. The van der Waals surface area contributed by atoms with E-state index in [1.54, 1.807) is 0 Å². The second-order valence-corrected chi connectivity index (χ2v) is 6.88. The molecule has 3 rings (SSSR count). The highest BCUT2D eigenvalue weighted by Gasteiger charge is 2.51. The van der Waals surface area contributed by atoms with Gasteiger partial charge in [0.2, 0.25) is 5.82 Å². The van der Waals surface area contributed by atoms with Crippen LogP contribution in [0.2, 0.25) is 0 Å². The fraction of sp³-hybridized carbons (Fsp3) is 0.526. The van der Waals surface area contributed by atoms with Gasteiger partial charge in [-0.05, 0) is 6.92 Å². The lowest BCUT2D eigenvalue weighted by molar-refractivity contribution is -0.166. The van der Waals surface area contributed by atoms with Crippen LogP contribution < -0.4 is 5.32 Å². The number of hydrogen-bond donors (Lipinski definition) is 1. The minimum absolute atomic E-state index is 0.106. The van der Waals surface area contributed by atoms with Gasteiger partial charge in [0.05, 0.1) is 6.33 Å². The molecule has 0 spiro atoms. The Bertz CT molecular complexity index is 1080. The number of nitrogens with one attached hydrogen (secondary N) is 1. The van der Waals surface area contributed by atoms with Crippen molar-refractivity contribution in [3.63, 3.8) is 0 Å². The summed E-state index contributed by atoms with van der Waals surface area (Å²) < 4.78 is 23.3. The van der Waals surface area contributed by atoms with Crippen molar-refractivity contribution in [3.8, 4) is 6.07 Å². The number of fused-ring (bicyclic) bond motifs is 1. The quantitative estimate of drug-likeness (QED) is 0.461. The fourth-order valence-electron chi connectivity index (χ4n) is 3.36. The molecule has 1 N–H and O–H groups in total. The summed E-state index contributed by atoms with van der Waals surface area (Å²) in [4.78, 5) is 47.5. The zero-order valence-electron chi connectivity index (χ0n) is 17.9. The van der Waals surface area contributed by atoms with Gasteiger partial charge in [0.25, 0.3) is 0 Å². The van der Waals surface area contributed by atoms with Crippen LogP contribution in [0, 0.1) is 11.3 Å². The molecule has 0 radical (unpaired) electrons. The SMILES string of the molecule is CCNc1nc(C#N)nc2c1ncn2[C@@H]1O[C@H](COC(C)=O)[C@@H](OC(C)=O)[C@H]1OC(C)=O. The van der Waals surface area contributed by atoms with E-state index >= 15 is 0 Å². The number of ether oxygens (including phenoxy) is 4. The van der Waals surface area contributed by atoms with E-state index in [4.69, 9.17) is 18.9 Å². The average Bonchev–Trinajstić information content (AvgIpc) is 3.27. The van der Waals surface area contributed by atoms with Crippen molar-refractivity contribution in [1.82, 2.24) is 19.5 Å². The van der Waals surface area contributed by atoms with Gasteiger partial charge in [0, 0.05) is 27.3 Å². The molecule has 1 saturated heterocycles. The molecule has 170 valence electrons. The lowest BCUT2D eigenvalue weighted by atomic mass is 10.1. The molecule has 0 amide bonds. The van der Waals surface area contributed by atoms with Gasteiger partial charge < -0.3 is 24.3 Å². The molecule has 2 aromatic heterocycles. The summed E-state index contributed by atoms with van der Waals surface area (Å²) in [5.74, 6) is -1.59. The van der Waals surface area contributed by atoms with Crippen LogP contribution in [0.1, 0.15) is 39.7 Å². The first-order chi connectivity index (χ1) is 15.2. The normalized spacial score (nSPS) is 22.2. The molecular weight excluding hydrogens is 424 g/mol. The smallest absolute Gasteiger partial charge is 0.303 e. The van der Waals surface area contributed by atoms with E-state index < -0.39 is 42.4 Å². The zero-order chi connectivity index (χ0) is 23.4. The predicted molar refractivity (Wildman–Crippen MR) is 106 cm³/mol. The third-order valence-electron chi connectivity index (χ3n) is 4.48. The monoisotopic (exact) mass is 446 g/mol. The van der Waals surface area contributed by atoms with Crippen molar-refractivity contribution in [2.24, 2.45) is 0 Å². The molecular formula is C19H22N6O7. The number of carbonyl (C=O) groups is 3. The molecule has 13 nitrogen and oxygen atoms in total. The van der Waals surface area contributed by atoms with Crippen molar-refractivity contribution >= 4 is 34.9 Å². The first-order valence-corrected chi connectivity index (χ1v) is 9.76. The van der Waals surface area contributed by atoms with Gasteiger partial charge in [0.1, 0.15) is 18.8 Å². The molecule has 32 heavy (non-hydrogen) atoms. The molecule has 0 aromatic carbocycles. The standard InChI is InChI=1S/C19H22N6O7/c1-5-21-17-14-18(24-13(6-20)23-17)25(8-22-14)19-16(31-11(4)28)15(30-10(3)27)12(32-19)7-29-9(2)26/h8,12,15-16,19H,5,7H2,1-4H3,(H,21,23,24)/t12-,15-,16-,19-/m1/s1. The Labute approximate surface area is 182 Å². The maximum Gasteiger partial charge on any atom is 0.303 e. The Morgan fingerprint density at radius 1 is 1.16 bits per heavy atom. The highest BCUT2D eigenvalue weighted by molar-refractivity contribution is 5.83. The van der Waals surface area contributed by atoms with Gasteiger partial charge in [-0.25, -0.2) is 4.98 Å². The van der Waals surface area contributed by atoms with E-state index in [1.807, 2.05) is 13.0 Å². The largest absolute Gasteiger partial charge is 0.463 e. The molecule has 13 heteroatoms. The van der Waals surface area contributed by atoms with Gasteiger partial charge in [-0.1, -0.05) is 0 Å². The van der Waals surface area contributed by atoms with Gasteiger partial charge in [-0.2, -0.15) is 15.2 Å². The number of imidazole rings is 1. The van der Waals surface area contributed by atoms with Gasteiger partial charge in [0.15, 0.2) is 35.4 Å². The summed E-state index contributed by atoms with van der Waals surface area (Å²) in [7, 11) is 0. The lowest BCUT2D eigenvalue weighted by Crippen LogP contribution is -2.40. The second kappa shape index (κ2) is 9.56. The molecule has 1 aliphatic heterocycles. The molecule has 0 aliphatic carbocycles. The summed E-state index contributed by atoms with van der Waals surface area (Å²) in [5, 5.41) is 12.3.